The third-order valence-corrected chi connectivity index (χ3v) is 6.41. The van der Waals surface area contributed by atoms with E-state index >= 15 is 0 Å². The Morgan fingerprint density at radius 1 is 1.00 bits per heavy atom. The standard InChI is InChI=1S/C27H30N4O3/c1-3-34-25(32)21-18-28-24(29-19-21)17-27(22-7-5-4-6-8-22)13-15-31(16-14-27)26(33)30-23-11-9-20(2)10-12-23/h4-12,18-19H,3,13-17H2,1-2H3,(H,30,33). The summed E-state index contributed by atoms with van der Waals surface area (Å²) in [5.41, 5.74) is 3.33. The smallest absolute Gasteiger partial charge is 0.341 e. The molecule has 1 aliphatic rings. The predicted octanol–water partition coefficient (Wildman–Crippen LogP) is 4.77. The number of ether oxygens (including phenoxy) is 1. The lowest BCUT2D eigenvalue weighted by molar-refractivity contribution is 0.0525. The van der Waals surface area contributed by atoms with Gasteiger partial charge in [-0.05, 0) is 44.4 Å². The van der Waals surface area contributed by atoms with Crippen LogP contribution in [-0.4, -0.2) is 46.6 Å². The zero-order valence-electron chi connectivity index (χ0n) is 19.7. The van der Waals surface area contributed by atoms with Crippen molar-refractivity contribution >= 4 is 17.7 Å². The van der Waals surface area contributed by atoms with E-state index in [4.69, 9.17) is 4.74 Å². The minimum atomic E-state index is -0.417. The number of anilines is 1. The van der Waals surface area contributed by atoms with Crippen LogP contribution in [-0.2, 0) is 16.6 Å². The number of nitrogens with zero attached hydrogens (tertiary/aromatic N) is 3. The molecule has 1 saturated heterocycles. The molecule has 2 aromatic carbocycles. The molecule has 2 amide bonds. The van der Waals surface area contributed by atoms with Crippen molar-refractivity contribution in [3.8, 4) is 0 Å². The first-order chi connectivity index (χ1) is 16.5. The molecular weight excluding hydrogens is 428 g/mol. The van der Waals surface area contributed by atoms with Crippen LogP contribution in [0.2, 0.25) is 0 Å². The molecule has 0 radical (unpaired) electrons. The molecule has 34 heavy (non-hydrogen) atoms. The van der Waals surface area contributed by atoms with E-state index in [1.54, 1.807) is 6.92 Å². The maximum absolute atomic E-state index is 12.9. The Bertz CT molecular complexity index is 1110. The first-order valence-electron chi connectivity index (χ1n) is 11.7. The third-order valence-electron chi connectivity index (χ3n) is 6.41. The summed E-state index contributed by atoms with van der Waals surface area (Å²) < 4.78 is 5.03. The normalized spacial score (nSPS) is 14.9. The number of urea groups is 1. The average Bonchev–Trinajstić information content (AvgIpc) is 2.87. The second-order valence-electron chi connectivity index (χ2n) is 8.71. The lowest BCUT2D eigenvalue weighted by atomic mass is 9.70. The number of amides is 2. The van der Waals surface area contributed by atoms with E-state index in [-0.39, 0.29) is 11.4 Å². The summed E-state index contributed by atoms with van der Waals surface area (Å²) in [7, 11) is 0. The minimum absolute atomic E-state index is 0.0828. The number of hydrogen-bond donors (Lipinski definition) is 1. The van der Waals surface area contributed by atoms with Gasteiger partial charge in [0.1, 0.15) is 5.82 Å². The summed E-state index contributed by atoms with van der Waals surface area (Å²) in [6.07, 6.45) is 5.28. The van der Waals surface area contributed by atoms with Crippen molar-refractivity contribution in [1.82, 2.24) is 14.9 Å². The van der Waals surface area contributed by atoms with Crippen molar-refractivity contribution in [3.05, 3.63) is 89.5 Å². The van der Waals surface area contributed by atoms with Gasteiger partial charge in [-0.1, -0.05) is 48.0 Å². The first kappa shape index (κ1) is 23.4. The third kappa shape index (κ3) is 5.42. The van der Waals surface area contributed by atoms with Crippen molar-refractivity contribution in [3.63, 3.8) is 0 Å². The molecule has 0 aliphatic carbocycles. The van der Waals surface area contributed by atoms with Crippen LogP contribution in [0.15, 0.2) is 67.0 Å². The molecule has 2 heterocycles. The van der Waals surface area contributed by atoms with Crippen LogP contribution < -0.4 is 5.32 Å². The summed E-state index contributed by atoms with van der Waals surface area (Å²) in [5.74, 6) is 0.258. The van der Waals surface area contributed by atoms with E-state index < -0.39 is 5.97 Å². The van der Waals surface area contributed by atoms with E-state index in [1.807, 2.05) is 54.3 Å². The quantitative estimate of drug-likeness (QED) is 0.538. The van der Waals surface area contributed by atoms with Gasteiger partial charge in [-0.25, -0.2) is 19.6 Å². The second-order valence-corrected chi connectivity index (χ2v) is 8.71. The molecule has 1 fully saturated rings. The van der Waals surface area contributed by atoms with Gasteiger partial charge in [0.25, 0.3) is 0 Å². The maximum atomic E-state index is 12.9. The largest absolute Gasteiger partial charge is 0.462 e. The Morgan fingerprint density at radius 2 is 1.65 bits per heavy atom. The molecule has 7 nitrogen and oxygen atoms in total. The maximum Gasteiger partial charge on any atom is 0.341 e. The van der Waals surface area contributed by atoms with Crippen molar-refractivity contribution in [2.45, 2.75) is 38.5 Å². The molecule has 0 saturated carbocycles. The average molecular weight is 459 g/mol. The predicted molar refractivity (Wildman–Crippen MR) is 131 cm³/mol. The molecule has 176 valence electrons. The number of nitrogens with one attached hydrogen (secondary N) is 1. The summed E-state index contributed by atoms with van der Waals surface area (Å²) in [4.78, 5) is 35.6. The van der Waals surface area contributed by atoms with Gasteiger partial charge in [-0.3, -0.25) is 0 Å². The topological polar surface area (TPSA) is 84.4 Å². The van der Waals surface area contributed by atoms with Gasteiger partial charge in [0.15, 0.2) is 0 Å². The number of piperidine rings is 1. The summed E-state index contributed by atoms with van der Waals surface area (Å²) in [6.45, 7) is 5.37. The van der Waals surface area contributed by atoms with Crippen molar-refractivity contribution < 1.29 is 14.3 Å². The molecule has 0 atom stereocenters. The number of hydrogen-bond acceptors (Lipinski definition) is 5. The van der Waals surface area contributed by atoms with Crippen molar-refractivity contribution in [2.75, 3.05) is 25.0 Å². The number of aryl methyl sites for hydroxylation is 1. The lowest BCUT2D eigenvalue weighted by Gasteiger charge is -2.42. The van der Waals surface area contributed by atoms with Crippen LogP contribution in [0, 0.1) is 6.92 Å². The van der Waals surface area contributed by atoms with Crippen molar-refractivity contribution in [1.29, 1.82) is 0 Å². The molecule has 1 aliphatic heterocycles. The molecule has 7 heteroatoms. The van der Waals surface area contributed by atoms with Crippen LogP contribution in [0.1, 0.15) is 47.1 Å². The van der Waals surface area contributed by atoms with E-state index in [1.165, 1.54) is 18.0 Å². The summed E-state index contributed by atoms with van der Waals surface area (Å²) in [6, 6.07) is 18.1. The zero-order chi connectivity index (χ0) is 24.0. The highest BCUT2D eigenvalue weighted by Gasteiger charge is 2.38. The number of carbonyl (C=O) groups excluding carboxylic acids is 2. The molecule has 0 bridgehead atoms. The molecule has 0 spiro atoms. The molecule has 1 N–H and O–H groups in total. The minimum Gasteiger partial charge on any atom is -0.462 e. The van der Waals surface area contributed by atoms with Gasteiger partial charge in [0.05, 0.1) is 12.2 Å². The number of likely N-dealkylation sites (tertiary alicyclic amines) is 1. The van der Waals surface area contributed by atoms with Gasteiger partial charge in [-0.15, -0.1) is 0 Å². The Balaban J connectivity index is 1.48. The van der Waals surface area contributed by atoms with Crippen LogP contribution in [0.5, 0.6) is 0 Å². The van der Waals surface area contributed by atoms with Gasteiger partial charge >= 0.3 is 12.0 Å². The fourth-order valence-electron chi connectivity index (χ4n) is 4.41. The number of benzene rings is 2. The molecule has 4 rings (SSSR count). The number of aromatic nitrogens is 2. The first-order valence-corrected chi connectivity index (χ1v) is 11.7. The SMILES string of the molecule is CCOC(=O)c1cnc(CC2(c3ccccc3)CCN(C(=O)Nc3ccc(C)cc3)CC2)nc1. The Morgan fingerprint density at radius 3 is 2.26 bits per heavy atom. The van der Waals surface area contributed by atoms with E-state index in [9.17, 15) is 9.59 Å². The van der Waals surface area contributed by atoms with Gasteiger partial charge in [-0.2, -0.15) is 0 Å². The fourth-order valence-corrected chi connectivity index (χ4v) is 4.41. The highest BCUT2D eigenvalue weighted by molar-refractivity contribution is 5.89. The molecule has 3 aromatic rings. The number of carbonyl (C=O) groups is 2. The molecular formula is C27H30N4O3. The molecule has 0 unspecified atom stereocenters. The Kier molecular flexibility index (Phi) is 7.21. The van der Waals surface area contributed by atoms with E-state index in [0.717, 1.165) is 24.1 Å². The van der Waals surface area contributed by atoms with Gasteiger partial charge in [0.2, 0.25) is 0 Å². The van der Waals surface area contributed by atoms with E-state index in [0.29, 0.717) is 37.5 Å². The Hall–Kier alpha value is -3.74. The van der Waals surface area contributed by atoms with Crippen LogP contribution in [0.3, 0.4) is 0 Å². The second kappa shape index (κ2) is 10.5. The summed E-state index contributed by atoms with van der Waals surface area (Å²) in [5, 5.41) is 3.00. The van der Waals surface area contributed by atoms with Gasteiger partial charge < -0.3 is 15.0 Å². The van der Waals surface area contributed by atoms with Gasteiger partial charge in [0, 0.05) is 43.0 Å². The molecule has 1 aromatic heterocycles. The van der Waals surface area contributed by atoms with E-state index in [2.05, 4.69) is 27.4 Å². The highest BCUT2D eigenvalue weighted by Crippen LogP contribution is 2.38. The van der Waals surface area contributed by atoms with Crippen LogP contribution in [0.4, 0.5) is 10.5 Å². The van der Waals surface area contributed by atoms with Crippen molar-refractivity contribution in [2.24, 2.45) is 0 Å². The Labute approximate surface area is 200 Å². The highest BCUT2D eigenvalue weighted by atomic mass is 16.5. The lowest BCUT2D eigenvalue weighted by Crippen LogP contribution is -2.47. The zero-order valence-corrected chi connectivity index (χ0v) is 19.7. The monoisotopic (exact) mass is 458 g/mol. The number of rotatable bonds is 6. The van der Waals surface area contributed by atoms with Crippen LogP contribution >= 0.6 is 0 Å². The van der Waals surface area contributed by atoms with Crippen LogP contribution in [0.25, 0.3) is 0 Å². The number of esters is 1. The summed E-state index contributed by atoms with van der Waals surface area (Å²) >= 11 is 0. The fraction of sp³-hybridized carbons (Fsp3) is 0.333.